The van der Waals surface area contributed by atoms with Gasteiger partial charge in [0.2, 0.25) is 5.91 Å². The van der Waals surface area contributed by atoms with Crippen LogP contribution in [0.3, 0.4) is 0 Å². The third-order valence-corrected chi connectivity index (χ3v) is 4.12. The normalized spacial score (nSPS) is 11.8. The van der Waals surface area contributed by atoms with Gasteiger partial charge in [0.05, 0.1) is 10.9 Å². The summed E-state index contributed by atoms with van der Waals surface area (Å²) < 4.78 is 1.73. The Hall–Kier alpha value is -2.06. The molecule has 122 valence electrons. The number of nitrogens with zero attached hydrogens (tertiary/aromatic N) is 3. The van der Waals surface area contributed by atoms with Crippen molar-refractivity contribution in [1.82, 2.24) is 25.4 Å². The summed E-state index contributed by atoms with van der Waals surface area (Å²) in [6.07, 6.45) is 1.54. The van der Waals surface area contributed by atoms with Crippen molar-refractivity contribution >= 4 is 35.3 Å². The van der Waals surface area contributed by atoms with Gasteiger partial charge in [0, 0.05) is 11.6 Å². The minimum Gasteiger partial charge on any atom is -0.338 e. The molecule has 1 heterocycles. The van der Waals surface area contributed by atoms with E-state index in [0.29, 0.717) is 16.7 Å². The molecule has 0 aliphatic rings. The Labute approximate surface area is 142 Å². The van der Waals surface area contributed by atoms with Crippen LogP contribution in [0, 0.1) is 0 Å². The Bertz CT molecular complexity index is 706. The molecule has 1 atom stereocenters. The van der Waals surface area contributed by atoms with Crippen molar-refractivity contribution in [1.29, 1.82) is 0 Å². The topological polar surface area (TPSA) is 88.9 Å². The summed E-state index contributed by atoms with van der Waals surface area (Å²) in [4.78, 5) is 23.4. The molecular formula is C14H16ClN5O2S. The van der Waals surface area contributed by atoms with Gasteiger partial charge in [-0.05, 0) is 32.0 Å². The van der Waals surface area contributed by atoms with Crippen LogP contribution >= 0.6 is 23.4 Å². The maximum Gasteiger partial charge on any atom is 0.321 e. The summed E-state index contributed by atoms with van der Waals surface area (Å²) in [5.74, 6) is -0.401. The summed E-state index contributed by atoms with van der Waals surface area (Å²) in [6.45, 7) is 3.91. The second-order valence-corrected chi connectivity index (χ2v) is 6.32. The molecule has 3 amide bonds. The van der Waals surface area contributed by atoms with E-state index in [9.17, 15) is 9.59 Å². The lowest BCUT2D eigenvalue weighted by molar-refractivity contribution is -0.119. The smallest absolute Gasteiger partial charge is 0.321 e. The van der Waals surface area contributed by atoms with E-state index in [2.05, 4.69) is 20.8 Å². The second-order valence-electron chi connectivity index (χ2n) is 4.57. The molecule has 2 aromatic rings. The van der Waals surface area contributed by atoms with E-state index in [-0.39, 0.29) is 0 Å². The third kappa shape index (κ3) is 4.70. The first-order valence-corrected chi connectivity index (χ1v) is 8.18. The van der Waals surface area contributed by atoms with Gasteiger partial charge in [-0.15, -0.1) is 10.2 Å². The van der Waals surface area contributed by atoms with Crippen LogP contribution in [-0.4, -0.2) is 38.5 Å². The predicted molar refractivity (Wildman–Crippen MR) is 88.9 cm³/mol. The number of imide groups is 1. The molecule has 0 saturated heterocycles. The highest BCUT2D eigenvalue weighted by atomic mass is 35.5. The molecule has 2 rings (SSSR count). The maximum absolute atomic E-state index is 12.0. The standard InChI is InChI=1S/C14H16ClN5O2S/c1-3-16-13(22)18-12(21)9(2)23-14-19-17-8-20(14)11-6-4-5-10(15)7-11/h4-9H,3H2,1-2H3,(H2,16,18,21,22). The van der Waals surface area contributed by atoms with Gasteiger partial charge in [0.15, 0.2) is 5.16 Å². The molecule has 7 nitrogen and oxygen atoms in total. The number of amides is 3. The van der Waals surface area contributed by atoms with Crippen LogP contribution in [-0.2, 0) is 4.79 Å². The third-order valence-electron chi connectivity index (χ3n) is 2.83. The number of carbonyl (C=O) groups is 2. The van der Waals surface area contributed by atoms with Crippen molar-refractivity contribution in [2.75, 3.05) is 6.54 Å². The van der Waals surface area contributed by atoms with Crippen molar-refractivity contribution in [2.45, 2.75) is 24.3 Å². The Morgan fingerprint density at radius 1 is 1.43 bits per heavy atom. The van der Waals surface area contributed by atoms with E-state index in [1.54, 1.807) is 36.9 Å². The van der Waals surface area contributed by atoms with Crippen LogP contribution < -0.4 is 10.6 Å². The Balaban J connectivity index is 2.08. The predicted octanol–water partition coefficient (Wildman–Crippen LogP) is 2.25. The van der Waals surface area contributed by atoms with Crippen LogP contribution in [0.1, 0.15) is 13.8 Å². The molecule has 2 N–H and O–H groups in total. The molecule has 0 aliphatic carbocycles. The number of carbonyl (C=O) groups excluding carboxylic acids is 2. The summed E-state index contributed by atoms with van der Waals surface area (Å²) >= 11 is 7.19. The monoisotopic (exact) mass is 353 g/mol. The molecule has 0 radical (unpaired) electrons. The lowest BCUT2D eigenvalue weighted by atomic mass is 10.3. The molecule has 23 heavy (non-hydrogen) atoms. The van der Waals surface area contributed by atoms with Crippen LogP contribution in [0.4, 0.5) is 4.79 Å². The molecular weight excluding hydrogens is 338 g/mol. The van der Waals surface area contributed by atoms with Gasteiger partial charge < -0.3 is 5.32 Å². The van der Waals surface area contributed by atoms with Crippen molar-refractivity contribution in [3.05, 3.63) is 35.6 Å². The van der Waals surface area contributed by atoms with E-state index in [1.165, 1.54) is 11.8 Å². The van der Waals surface area contributed by atoms with E-state index in [1.807, 2.05) is 12.1 Å². The van der Waals surface area contributed by atoms with Crippen molar-refractivity contribution in [3.8, 4) is 5.69 Å². The summed E-state index contributed by atoms with van der Waals surface area (Å²) in [5.41, 5.74) is 0.793. The quantitative estimate of drug-likeness (QED) is 0.805. The molecule has 0 bridgehead atoms. The van der Waals surface area contributed by atoms with Gasteiger partial charge in [0.25, 0.3) is 0 Å². The highest BCUT2D eigenvalue weighted by Crippen LogP contribution is 2.25. The largest absolute Gasteiger partial charge is 0.338 e. The molecule has 1 aromatic carbocycles. The molecule has 0 saturated carbocycles. The van der Waals surface area contributed by atoms with Crippen molar-refractivity contribution in [3.63, 3.8) is 0 Å². The minimum absolute atomic E-state index is 0.401. The number of hydrogen-bond acceptors (Lipinski definition) is 5. The number of halogens is 1. The first-order chi connectivity index (χ1) is 11.0. The SMILES string of the molecule is CCNC(=O)NC(=O)C(C)Sc1nncn1-c1cccc(Cl)c1. The van der Waals surface area contributed by atoms with Gasteiger partial charge in [-0.2, -0.15) is 0 Å². The van der Waals surface area contributed by atoms with Gasteiger partial charge in [-0.25, -0.2) is 4.79 Å². The van der Waals surface area contributed by atoms with E-state index in [4.69, 9.17) is 11.6 Å². The number of aromatic nitrogens is 3. The Kier molecular flexibility index (Phi) is 6.00. The average molecular weight is 354 g/mol. The molecule has 1 unspecified atom stereocenters. The zero-order valence-corrected chi connectivity index (χ0v) is 14.2. The zero-order chi connectivity index (χ0) is 16.8. The van der Waals surface area contributed by atoms with E-state index >= 15 is 0 Å². The van der Waals surface area contributed by atoms with E-state index in [0.717, 1.165) is 5.69 Å². The molecule has 0 spiro atoms. The Morgan fingerprint density at radius 2 is 2.22 bits per heavy atom. The fraction of sp³-hybridized carbons (Fsp3) is 0.286. The molecule has 0 fully saturated rings. The highest BCUT2D eigenvalue weighted by molar-refractivity contribution is 8.00. The lowest BCUT2D eigenvalue weighted by Gasteiger charge is -2.12. The number of thioether (sulfide) groups is 1. The van der Waals surface area contributed by atoms with Gasteiger partial charge in [-0.1, -0.05) is 29.4 Å². The van der Waals surface area contributed by atoms with Gasteiger partial charge >= 0.3 is 6.03 Å². The second kappa shape index (κ2) is 7.98. The number of hydrogen-bond donors (Lipinski definition) is 2. The summed E-state index contributed by atoms with van der Waals surface area (Å²) in [6, 6.07) is 6.70. The fourth-order valence-electron chi connectivity index (χ4n) is 1.74. The minimum atomic E-state index is -0.514. The number of urea groups is 1. The number of rotatable bonds is 5. The van der Waals surface area contributed by atoms with Crippen LogP contribution in [0.25, 0.3) is 5.69 Å². The fourth-order valence-corrected chi connectivity index (χ4v) is 2.76. The van der Waals surface area contributed by atoms with Crippen LogP contribution in [0.15, 0.2) is 35.7 Å². The van der Waals surface area contributed by atoms with Crippen LogP contribution in [0.5, 0.6) is 0 Å². The average Bonchev–Trinajstić information content (AvgIpc) is 2.95. The number of benzene rings is 1. The first-order valence-electron chi connectivity index (χ1n) is 6.92. The summed E-state index contributed by atoms with van der Waals surface area (Å²) in [7, 11) is 0. The molecule has 9 heteroatoms. The van der Waals surface area contributed by atoms with Crippen molar-refractivity contribution in [2.24, 2.45) is 0 Å². The first kappa shape index (κ1) is 17.3. The highest BCUT2D eigenvalue weighted by Gasteiger charge is 2.20. The van der Waals surface area contributed by atoms with E-state index < -0.39 is 17.2 Å². The van der Waals surface area contributed by atoms with Gasteiger partial charge in [0.1, 0.15) is 6.33 Å². The molecule has 1 aromatic heterocycles. The Morgan fingerprint density at radius 3 is 2.91 bits per heavy atom. The number of nitrogens with one attached hydrogen (secondary N) is 2. The van der Waals surface area contributed by atoms with Gasteiger partial charge in [-0.3, -0.25) is 14.7 Å². The van der Waals surface area contributed by atoms with Crippen LogP contribution in [0.2, 0.25) is 5.02 Å². The van der Waals surface area contributed by atoms with Crippen molar-refractivity contribution < 1.29 is 9.59 Å². The zero-order valence-electron chi connectivity index (χ0n) is 12.6. The lowest BCUT2D eigenvalue weighted by Crippen LogP contribution is -2.42. The summed E-state index contributed by atoms with van der Waals surface area (Å²) in [5, 5.41) is 13.3. The maximum atomic E-state index is 12.0. The molecule has 0 aliphatic heterocycles.